The Labute approximate surface area is 212 Å². The predicted molar refractivity (Wildman–Crippen MR) is 146 cm³/mol. The summed E-state index contributed by atoms with van der Waals surface area (Å²) in [6.07, 6.45) is 3.58. The molecule has 1 aromatic heterocycles. The number of likely N-dealkylation sites (tertiary alicyclic amines) is 1. The minimum atomic E-state index is 0.0183. The van der Waals surface area contributed by atoms with E-state index in [2.05, 4.69) is 49.1 Å². The summed E-state index contributed by atoms with van der Waals surface area (Å²) in [5.41, 5.74) is 4.20. The van der Waals surface area contributed by atoms with E-state index in [-0.39, 0.29) is 5.78 Å². The second-order valence-electron chi connectivity index (χ2n) is 9.95. The minimum absolute atomic E-state index is 0.0183. The van der Waals surface area contributed by atoms with Crippen LogP contribution in [0.3, 0.4) is 0 Å². The van der Waals surface area contributed by atoms with Crippen molar-refractivity contribution >= 4 is 27.2 Å². The van der Waals surface area contributed by atoms with Crippen molar-refractivity contribution in [3.05, 3.63) is 93.9 Å². The highest BCUT2D eigenvalue weighted by atomic mass is 32.1. The third-order valence-electron chi connectivity index (χ3n) is 6.99. The number of nitrogens with zero attached hydrogens (tertiary/aromatic N) is 1. The Bertz CT molecular complexity index is 1340. The molecule has 5 rings (SSSR count). The van der Waals surface area contributed by atoms with Gasteiger partial charge in [-0.3, -0.25) is 4.79 Å². The lowest BCUT2D eigenvalue weighted by Gasteiger charge is -2.15. The molecule has 1 saturated heterocycles. The molecule has 0 amide bonds. The van der Waals surface area contributed by atoms with Crippen LogP contribution in [0.1, 0.15) is 51.7 Å². The maximum atomic E-state index is 13.6. The first-order valence-corrected chi connectivity index (χ1v) is 13.4. The molecule has 1 aliphatic heterocycles. The van der Waals surface area contributed by atoms with Gasteiger partial charge in [0.25, 0.3) is 0 Å². The molecule has 0 radical (unpaired) electrons. The van der Waals surface area contributed by atoms with E-state index in [0.717, 1.165) is 39.3 Å². The molecular weight excluding hydrogens is 450 g/mol. The lowest BCUT2D eigenvalue weighted by atomic mass is 10.0. The Kier molecular flexibility index (Phi) is 7.03. The molecule has 0 unspecified atom stereocenters. The highest BCUT2D eigenvalue weighted by Gasteiger charge is 2.23. The topological polar surface area (TPSA) is 29.5 Å². The largest absolute Gasteiger partial charge is 0.455 e. The molecule has 1 fully saturated rings. The van der Waals surface area contributed by atoms with Crippen LogP contribution in [0.25, 0.3) is 10.1 Å². The number of ketones is 1. The lowest BCUT2D eigenvalue weighted by Crippen LogP contribution is -2.21. The number of benzene rings is 3. The second kappa shape index (κ2) is 10.3. The van der Waals surface area contributed by atoms with Gasteiger partial charge in [0.2, 0.25) is 5.78 Å². The standard InChI is InChI=1S/C31H33NO2S/c1-21-10-15-27-28(19-21)35-31(29(33)26-9-5-4-7-23(26)3)30(27)34-25-13-11-24(12-14-25)8-6-17-32-18-16-22(2)20-32/h4-5,7,9-15,19,22H,6,8,16-18,20H2,1-3H3/t22-/m0/s1. The van der Waals surface area contributed by atoms with Crippen LogP contribution in [-0.4, -0.2) is 30.3 Å². The van der Waals surface area contributed by atoms with Crippen LogP contribution in [0, 0.1) is 19.8 Å². The van der Waals surface area contributed by atoms with Crippen LogP contribution in [0.4, 0.5) is 0 Å². The first-order valence-electron chi connectivity index (χ1n) is 12.6. The molecule has 4 aromatic rings. The molecule has 180 valence electrons. The first-order chi connectivity index (χ1) is 17.0. The van der Waals surface area contributed by atoms with Gasteiger partial charge < -0.3 is 9.64 Å². The van der Waals surface area contributed by atoms with Gasteiger partial charge in [-0.25, -0.2) is 0 Å². The highest BCUT2D eigenvalue weighted by molar-refractivity contribution is 7.21. The smallest absolute Gasteiger partial charge is 0.207 e. The molecule has 3 nitrogen and oxygen atoms in total. The third-order valence-corrected chi connectivity index (χ3v) is 8.12. The molecule has 1 atom stereocenters. The van der Waals surface area contributed by atoms with Gasteiger partial charge >= 0.3 is 0 Å². The van der Waals surface area contributed by atoms with Gasteiger partial charge in [0.1, 0.15) is 10.6 Å². The van der Waals surface area contributed by atoms with Crippen LogP contribution in [0.2, 0.25) is 0 Å². The van der Waals surface area contributed by atoms with Crippen molar-refractivity contribution < 1.29 is 9.53 Å². The number of thiophene rings is 1. The van der Waals surface area contributed by atoms with E-state index < -0.39 is 0 Å². The van der Waals surface area contributed by atoms with Crippen molar-refractivity contribution in [2.45, 2.75) is 40.0 Å². The van der Waals surface area contributed by atoms with Crippen LogP contribution in [-0.2, 0) is 6.42 Å². The fraction of sp³-hybridized carbons (Fsp3) is 0.323. The molecule has 0 saturated carbocycles. The summed E-state index contributed by atoms with van der Waals surface area (Å²) in [5, 5.41) is 0.987. The average molecular weight is 484 g/mol. The van der Waals surface area contributed by atoms with E-state index in [9.17, 15) is 4.79 Å². The lowest BCUT2D eigenvalue weighted by molar-refractivity contribution is 0.104. The third kappa shape index (κ3) is 5.34. The van der Waals surface area contributed by atoms with Gasteiger partial charge in [-0.2, -0.15) is 0 Å². The molecule has 4 heteroatoms. The zero-order chi connectivity index (χ0) is 24.4. The molecular formula is C31H33NO2S. The van der Waals surface area contributed by atoms with E-state index >= 15 is 0 Å². The van der Waals surface area contributed by atoms with Gasteiger partial charge in [0, 0.05) is 22.2 Å². The zero-order valence-corrected chi connectivity index (χ0v) is 21.7. The molecule has 2 heterocycles. The van der Waals surface area contributed by atoms with E-state index in [1.165, 1.54) is 54.9 Å². The van der Waals surface area contributed by atoms with Crippen molar-refractivity contribution in [3.8, 4) is 11.5 Å². The number of hydrogen-bond acceptors (Lipinski definition) is 4. The summed E-state index contributed by atoms with van der Waals surface area (Å²) < 4.78 is 7.49. The Morgan fingerprint density at radius 3 is 2.60 bits per heavy atom. The SMILES string of the molecule is Cc1ccc2c(Oc3ccc(CCCN4CC[C@H](C)C4)cc3)c(C(=O)c3ccccc3C)sc2c1. The number of hydrogen-bond donors (Lipinski definition) is 0. The maximum absolute atomic E-state index is 13.6. The summed E-state index contributed by atoms with van der Waals surface area (Å²) in [6, 6.07) is 22.4. The quantitative estimate of drug-likeness (QED) is 0.239. The molecule has 3 aromatic carbocycles. The normalized spacial score (nSPS) is 16.1. The summed E-state index contributed by atoms with van der Waals surface area (Å²) in [7, 11) is 0. The number of carbonyl (C=O) groups is 1. The van der Waals surface area contributed by atoms with E-state index in [1.807, 2.05) is 43.3 Å². The summed E-state index contributed by atoms with van der Waals surface area (Å²) in [4.78, 5) is 16.8. The van der Waals surface area contributed by atoms with E-state index in [1.54, 1.807) is 0 Å². The van der Waals surface area contributed by atoms with Gasteiger partial charge in [0.15, 0.2) is 5.75 Å². The van der Waals surface area contributed by atoms with Crippen molar-refractivity contribution in [3.63, 3.8) is 0 Å². The van der Waals surface area contributed by atoms with Gasteiger partial charge in [-0.05, 0) is 93.1 Å². The van der Waals surface area contributed by atoms with Crippen molar-refractivity contribution in [1.29, 1.82) is 0 Å². The van der Waals surface area contributed by atoms with Crippen LogP contribution in [0.15, 0.2) is 66.7 Å². The molecule has 35 heavy (non-hydrogen) atoms. The maximum Gasteiger partial charge on any atom is 0.207 e. The van der Waals surface area contributed by atoms with Gasteiger partial charge in [-0.15, -0.1) is 11.3 Å². The Morgan fingerprint density at radius 1 is 1.06 bits per heavy atom. The molecule has 0 bridgehead atoms. The molecule has 0 spiro atoms. The zero-order valence-electron chi connectivity index (χ0n) is 20.8. The highest BCUT2D eigenvalue weighted by Crippen LogP contribution is 2.42. The Hall–Kier alpha value is -2.95. The molecule has 1 aliphatic rings. The van der Waals surface area contributed by atoms with Crippen LogP contribution in [0.5, 0.6) is 11.5 Å². The number of fused-ring (bicyclic) bond motifs is 1. The van der Waals surface area contributed by atoms with Crippen LogP contribution < -0.4 is 4.74 Å². The second-order valence-corrected chi connectivity index (χ2v) is 11.0. The fourth-order valence-corrected chi connectivity index (χ4v) is 6.14. The number of rotatable bonds is 8. The summed E-state index contributed by atoms with van der Waals surface area (Å²) in [5.74, 6) is 2.28. The van der Waals surface area contributed by atoms with Crippen molar-refractivity contribution in [2.24, 2.45) is 5.92 Å². The average Bonchev–Trinajstić information content (AvgIpc) is 3.43. The van der Waals surface area contributed by atoms with Gasteiger partial charge in [-0.1, -0.05) is 49.4 Å². The summed E-state index contributed by atoms with van der Waals surface area (Å²) >= 11 is 1.52. The van der Waals surface area contributed by atoms with E-state index in [4.69, 9.17) is 4.74 Å². The molecule has 0 N–H and O–H groups in total. The Morgan fingerprint density at radius 2 is 1.86 bits per heavy atom. The fourth-order valence-electron chi connectivity index (χ4n) is 4.96. The number of aryl methyl sites for hydroxylation is 3. The monoisotopic (exact) mass is 483 g/mol. The molecule has 0 aliphatic carbocycles. The number of ether oxygens (including phenoxy) is 1. The van der Waals surface area contributed by atoms with Crippen molar-refractivity contribution in [1.82, 2.24) is 4.90 Å². The Balaban J connectivity index is 1.36. The van der Waals surface area contributed by atoms with Crippen LogP contribution >= 0.6 is 11.3 Å². The number of carbonyl (C=O) groups excluding carboxylic acids is 1. The van der Waals surface area contributed by atoms with Crippen molar-refractivity contribution in [2.75, 3.05) is 19.6 Å². The minimum Gasteiger partial charge on any atom is -0.455 e. The predicted octanol–water partition coefficient (Wildman–Crippen LogP) is 7.82. The first kappa shape index (κ1) is 23.8. The van der Waals surface area contributed by atoms with Gasteiger partial charge in [0.05, 0.1) is 0 Å². The summed E-state index contributed by atoms with van der Waals surface area (Å²) in [6.45, 7) is 10.1. The van der Waals surface area contributed by atoms with E-state index in [0.29, 0.717) is 10.6 Å².